The largest absolute Gasteiger partial charge is 0.443 e. The molecule has 2 fully saturated rings. The Morgan fingerprint density at radius 2 is 2.41 bits per heavy atom. The zero-order valence-corrected chi connectivity index (χ0v) is 10.6. The van der Waals surface area contributed by atoms with Crippen LogP contribution in [0.1, 0.15) is 25.7 Å². The first-order valence-electron chi connectivity index (χ1n) is 6.62. The first-order chi connectivity index (χ1) is 8.29. The topological polar surface area (TPSA) is 53.6 Å². The fraction of sp³-hybridized carbons (Fsp3) is 0.917. The third-order valence-electron chi connectivity index (χ3n) is 3.66. The molecule has 5 nitrogen and oxygen atoms in total. The van der Waals surface area contributed by atoms with Gasteiger partial charge in [-0.3, -0.25) is 4.90 Å². The third kappa shape index (κ3) is 3.57. The quantitative estimate of drug-likeness (QED) is 0.738. The van der Waals surface area contributed by atoms with E-state index in [-0.39, 0.29) is 12.2 Å². The van der Waals surface area contributed by atoms with Crippen LogP contribution in [-0.2, 0) is 4.74 Å². The van der Waals surface area contributed by atoms with E-state index >= 15 is 0 Å². The molecule has 2 aliphatic heterocycles. The average molecular weight is 241 g/mol. The molecule has 2 heterocycles. The van der Waals surface area contributed by atoms with E-state index in [1.165, 1.54) is 25.7 Å². The van der Waals surface area contributed by atoms with Crippen LogP contribution in [0, 0.1) is 0 Å². The molecule has 5 heteroatoms. The van der Waals surface area contributed by atoms with Crippen molar-refractivity contribution in [1.82, 2.24) is 15.5 Å². The van der Waals surface area contributed by atoms with E-state index in [9.17, 15) is 4.79 Å². The zero-order chi connectivity index (χ0) is 12.1. The van der Waals surface area contributed by atoms with Gasteiger partial charge in [-0.15, -0.1) is 0 Å². The summed E-state index contributed by atoms with van der Waals surface area (Å²) in [5.41, 5.74) is 0. The predicted molar refractivity (Wildman–Crippen MR) is 66.0 cm³/mol. The van der Waals surface area contributed by atoms with Crippen molar-refractivity contribution in [2.45, 2.75) is 37.8 Å². The molecule has 2 N–H and O–H groups in total. The van der Waals surface area contributed by atoms with Crippen molar-refractivity contribution in [1.29, 1.82) is 0 Å². The van der Waals surface area contributed by atoms with E-state index < -0.39 is 0 Å². The molecule has 2 aliphatic rings. The summed E-state index contributed by atoms with van der Waals surface area (Å²) in [7, 11) is 2.00. The number of hydrogen-bond acceptors (Lipinski definition) is 4. The predicted octanol–water partition coefficient (Wildman–Crippen LogP) is 0.559. The lowest BCUT2D eigenvalue weighted by molar-refractivity contribution is 0.0699. The van der Waals surface area contributed by atoms with Gasteiger partial charge >= 0.3 is 6.09 Å². The summed E-state index contributed by atoms with van der Waals surface area (Å²) in [4.78, 5) is 13.5. The van der Waals surface area contributed by atoms with Crippen LogP contribution in [0.25, 0.3) is 0 Å². The Balaban J connectivity index is 1.81. The number of hydrogen-bond donors (Lipinski definition) is 2. The average Bonchev–Trinajstić information content (AvgIpc) is 2.74. The maximum absolute atomic E-state index is 11.0. The fourth-order valence-corrected chi connectivity index (χ4v) is 2.73. The van der Waals surface area contributed by atoms with E-state index in [0.29, 0.717) is 12.6 Å². The molecule has 0 aromatic carbocycles. The number of carbonyl (C=O) groups is 1. The van der Waals surface area contributed by atoms with Gasteiger partial charge in [0.2, 0.25) is 0 Å². The van der Waals surface area contributed by atoms with Crippen molar-refractivity contribution in [3.8, 4) is 0 Å². The Morgan fingerprint density at radius 3 is 3.12 bits per heavy atom. The van der Waals surface area contributed by atoms with Crippen LogP contribution in [0.15, 0.2) is 0 Å². The highest BCUT2D eigenvalue weighted by Gasteiger charge is 2.29. The van der Waals surface area contributed by atoms with E-state index in [1.807, 2.05) is 7.05 Å². The number of rotatable bonds is 5. The number of ether oxygens (including phenoxy) is 1. The van der Waals surface area contributed by atoms with Gasteiger partial charge in [0.05, 0.1) is 6.54 Å². The number of amides is 1. The summed E-state index contributed by atoms with van der Waals surface area (Å²) in [5.74, 6) is 0. The standard InChI is InChI=1S/C12H23N3O2/c1-13-6-5-10-4-2-3-7-15(10)9-11-8-14-12(16)17-11/h10-11,13H,2-9H2,1H3,(H,14,16). The molecule has 2 rings (SSSR count). The maximum Gasteiger partial charge on any atom is 0.407 e. The Morgan fingerprint density at radius 1 is 1.53 bits per heavy atom. The number of carbonyl (C=O) groups excluding carboxylic acids is 1. The van der Waals surface area contributed by atoms with Gasteiger partial charge in [0.1, 0.15) is 6.10 Å². The van der Waals surface area contributed by atoms with Crippen LogP contribution in [0.4, 0.5) is 4.79 Å². The lowest BCUT2D eigenvalue weighted by Gasteiger charge is -2.36. The smallest absolute Gasteiger partial charge is 0.407 e. The van der Waals surface area contributed by atoms with Gasteiger partial charge in [0.25, 0.3) is 0 Å². The third-order valence-corrected chi connectivity index (χ3v) is 3.66. The van der Waals surface area contributed by atoms with Crippen LogP contribution in [-0.4, -0.2) is 56.4 Å². The van der Waals surface area contributed by atoms with Gasteiger partial charge in [0.15, 0.2) is 0 Å². The summed E-state index contributed by atoms with van der Waals surface area (Å²) in [6.07, 6.45) is 4.83. The summed E-state index contributed by atoms with van der Waals surface area (Å²) >= 11 is 0. The monoisotopic (exact) mass is 241 g/mol. The molecule has 0 aromatic rings. The second kappa shape index (κ2) is 6.21. The second-order valence-electron chi connectivity index (χ2n) is 4.94. The lowest BCUT2D eigenvalue weighted by Crippen LogP contribution is -2.45. The van der Waals surface area contributed by atoms with Gasteiger partial charge in [-0.05, 0) is 39.4 Å². The molecular formula is C12H23N3O2. The van der Waals surface area contributed by atoms with Crippen LogP contribution in [0.3, 0.4) is 0 Å². The van der Waals surface area contributed by atoms with E-state index in [2.05, 4.69) is 15.5 Å². The Labute approximate surface area is 103 Å². The van der Waals surface area contributed by atoms with E-state index in [0.717, 1.165) is 19.6 Å². The molecule has 0 radical (unpaired) electrons. The van der Waals surface area contributed by atoms with Gasteiger partial charge in [-0.1, -0.05) is 6.42 Å². The van der Waals surface area contributed by atoms with Crippen molar-refractivity contribution in [3.05, 3.63) is 0 Å². The number of nitrogens with zero attached hydrogens (tertiary/aromatic N) is 1. The van der Waals surface area contributed by atoms with E-state index in [4.69, 9.17) is 4.74 Å². The highest BCUT2D eigenvalue weighted by atomic mass is 16.6. The Hall–Kier alpha value is -0.810. The van der Waals surface area contributed by atoms with Crippen molar-refractivity contribution >= 4 is 6.09 Å². The highest BCUT2D eigenvalue weighted by Crippen LogP contribution is 2.20. The molecule has 98 valence electrons. The molecule has 2 atom stereocenters. The minimum Gasteiger partial charge on any atom is -0.443 e. The van der Waals surface area contributed by atoms with Gasteiger partial charge in [-0.2, -0.15) is 0 Å². The Bertz CT molecular complexity index is 260. The molecular weight excluding hydrogens is 218 g/mol. The normalized spacial score (nSPS) is 30.1. The van der Waals surface area contributed by atoms with Gasteiger partial charge in [0, 0.05) is 12.6 Å². The fourth-order valence-electron chi connectivity index (χ4n) is 2.73. The first-order valence-corrected chi connectivity index (χ1v) is 6.62. The van der Waals surface area contributed by atoms with Crippen molar-refractivity contribution in [2.75, 3.05) is 33.2 Å². The molecule has 0 aliphatic carbocycles. The SMILES string of the molecule is CNCCC1CCCCN1CC1CNC(=O)O1. The first kappa shape index (κ1) is 12.6. The molecule has 0 bridgehead atoms. The number of alkyl carbamates (subject to hydrolysis) is 1. The minimum atomic E-state index is -0.265. The lowest BCUT2D eigenvalue weighted by atomic mass is 9.99. The van der Waals surface area contributed by atoms with Crippen LogP contribution in [0.2, 0.25) is 0 Å². The van der Waals surface area contributed by atoms with Gasteiger partial charge < -0.3 is 15.4 Å². The molecule has 2 saturated heterocycles. The Kier molecular flexibility index (Phi) is 4.62. The van der Waals surface area contributed by atoms with Crippen molar-refractivity contribution in [3.63, 3.8) is 0 Å². The van der Waals surface area contributed by atoms with E-state index in [1.54, 1.807) is 0 Å². The molecule has 2 unspecified atom stereocenters. The van der Waals surface area contributed by atoms with Crippen LogP contribution < -0.4 is 10.6 Å². The molecule has 1 amide bonds. The summed E-state index contributed by atoms with van der Waals surface area (Å²) in [6.45, 7) is 3.74. The maximum atomic E-state index is 11.0. The van der Waals surface area contributed by atoms with Crippen LogP contribution in [0.5, 0.6) is 0 Å². The van der Waals surface area contributed by atoms with Crippen LogP contribution >= 0.6 is 0 Å². The second-order valence-corrected chi connectivity index (χ2v) is 4.94. The van der Waals surface area contributed by atoms with Crippen molar-refractivity contribution < 1.29 is 9.53 Å². The molecule has 17 heavy (non-hydrogen) atoms. The van der Waals surface area contributed by atoms with Crippen molar-refractivity contribution in [2.24, 2.45) is 0 Å². The summed E-state index contributed by atoms with van der Waals surface area (Å²) in [6, 6.07) is 0.649. The number of nitrogens with one attached hydrogen (secondary N) is 2. The highest BCUT2D eigenvalue weighted by molar-refractivity contribution is 5.69. The van der Waals surface area contributed by atoms with Gasteiger partial charge in [-0.25, -0.2) is 4.79 Å². The number of piperidine rings is 1. The molecule has 0 saturated carbocycles. The molecule has 0 spiro atoms. The summed E-state index contributed by atoms with van der Waals surface area (Å²) in [5, 5.41) is 5.93. The zero-order valence-electron chi connectivity index (χ0n) is 10.6. The number of cyclic esters (lactones) is 1. The summed E-state index contributed by atoms with van der Waals surface area (Å²) < 4.78 is 5.21. The molecule has 0 aromatic heterocycles. The minimum absolute atomic E-state index is 0.0395. The number of likely N-dealkylation sites (tertiary alicyclic amines) is 1.